The SMILES string of the molecule is C#C[C@H]1[C@@H]2CC[C@@H](C2)N1C(=O)O. The molecule has 2 rings (SSSR count). The predicted octanol–water partition coefficient (Wildman–Crippen LogP) is 1.15. The summed E-state index contributed by atoms with van der Waals surface area (Å²) in [5.74, 6) is 3.00. The van der Waals surface area contributed by atoms with E-state index in [1.165, 1.54) is 4.90 Å². The van der Waals surface area contributed by atoms with Crippen molar-refractivity contribution < 1.29 is 9.90 Å². The number of hydrogen-bond donors (Lipinski definition) is 1. The van der Waals surface area contributed by atoms with Crippen LogP contribution in [-0.2, 0) is 0 Å². The predicted molar refractivity (Wildman–Crippen MR) is 43.6 cm³/mol. The van der Waals surface area contributed by atoms with Gasteiger partial charge >= 0.3 is 6.09 Å². The largest absolute Gasteiger partial charge is 0.465 e. The summed E-state index contributed by atoms with van der Waals surface area (Å²) in [4.78, 5) is 12.2. The van der Waals surface area contributed by atoms with E-state index in [1.807, 2.05) is 0 Å². The molecule has 2 aliphatic rings. The van der Waals surface area contributed by atoms with Crippen LogP contribution >= 0.6 is 0 Å². The molecule has 0 spiro atoms. The van der Waals surface area contributed by atoms with E-state index in [0.717, 1.165) is 19.3 Å². The van der Waals surface area contributed by atoms with Crippen LogP contribution in [-0.4, -0.2) is 28.2 Å². The first-order valence-electron chi connectivity index (χ1n) is 4.21. The lowest BCUT2D eigenvalue weighted by Crippen LogP contribution is -2.43. The highest BCUT2D eigenvalue weighted by molar-refractivity contribution is 5.67. The lowest BCUT2D eigenvalue weighted by Gasteiger charge is -2.29. The van der Waals surface area contributed by atoms with Gasteiger partial charge in [-0.2, -0.15) is 0 Å². The first kappa shape index (κ1) is 7.48. The average Bonchev–Trinajstić information content (AvgIpc) is 2.60. The van der Waals surface area contributed by atoms with Crippen molar-refractivity contribution in [1.29, 1.82) is 0 Å². The summed E-state index contributed by atoms with van der Waals surface area (Å²) < 4.78 is 0. The number of amides is 1. The van der Waals surface area contributed by atoms with Crippen LogP contribution in [0.1, 0.15) is 19.3 Å². The van der Waals surface area contributed by atoms with Crippen LogP contribution in [0.15, 0.2) is 0 Å². The van der Waals surface area contributed by atoms with E-state index in [-0.39, 0.29) is 12.1 Å². The fraction of sp³-hybridized carbons (Fsp3) is 0.667. The molecule has 0 aromatic heterocycles. The van der Waals surface area contributed by atoms with Gasteiger partial charge in [0.15, 0.2) is 0 Å². The Labute approximate surface area is 71.4 Å². The summed E-state index contributed by atoms with van der Waals surface area (Å²) in [6, 6.07) is 0.0507. The van der Waals surface area contributed by atoms with Crippen LogP contribution in [0.3, 0.4) is 0 Å². The number of carboxylic acid groups (broad SMARTS) is 1. The summed E-state index contributed by atoms with van der Waals surface area (Å²) in [5, 5.41) is 8.87. The molecule has 1 saturated carbocycles. The standard InChI is InChI=1S/C9H11NO2/c1-2-8-6-3-4-7(5-6)10(8)9(11)12/h1,6-8H,3-5H2,(H,11,12)/t6-,7+,8+/m1/s1. The summed E-state index contributed by atoms with van der Waals surface area (Å²) in [7, 11) is 0. The maximum absolute atomic E-state index is 10.8. The van der Waals surface area contributed by atoms with Crippen molar-refractivity contribution in [1.82, 2.24) is 4.90 Å². The quantitative estimate of drug-likeness (QED) is 0.547. The van der Waals surface area contributed by atoms with E-state index in [0.29, 0.717) is 5.92 Å². The Morgan fingerprint density at radius 1 is 1.58 bits per heavy atom. The zero-order valence-electron chi connectivity index (χ0n) is 6.73. The van der Waals surface area contributed by atoms with Gasteiger partial charge in [-0.3, -0.25) is 4.90 Å². The van der Waals surface area contributed by atoms with Crippen molar-refractivity contribution in [2.45, 2.75) is 31.3 Å². The number of terminal acetylenes is 1. The molecule has 1 amide bonds. The number of hydrogen-bond acceptors (Lipinski definition) is 1. The first-order chi connectivity index (χ1) is 5.74. The molecule has 3 nitrogen and oxygen atoms in total. The van der Waals surface area contributed by atoms with Crippen LogP contribution in [0.4, 0.5) is 4.79 Å². The number of carbonyl (C=O) groups is 1. The molecule has 0 radical (unpaired) electrons. The van der Waals surface area contributed by atoms with Crippen molar-refractivity contribution in [2.24, 2.45) is 5.92 Å². The van der Waals surface area contributed by atoms with Crippen molar-refractivity contribution in [3.05, 3.63) is 0 Å². The van der Waals surface area contributed by atoms with Gasteiger partial charge in [0.25, 0.3) is 0 Å². The van der Waals surface area contributed by atoms with Gasteiger partial charge in [-0.25, -0.2) is 4.79 Å². The third-order valence-electron chi connectivity index (χ3n) is 2.98. The molecular formula is C9H11NO2. The van der Waals surface area contributed by atoms with E-state index >= 15 is 0 Å². The summed E-state index contributed by atoms with van der Waals surface area (Å²) in [6.07, 6.45) is 7.51. The third-order valence-corrected chi connectivity index (χ3v) is 2.98. The molecule has 1 aliphatic carbocycles. The van der Waals surface area contributed by atoms with Crippen molar-refractivity contribution >= 4 is 6.09 Å². The smallest absolute Gasteiger partial charge is 0.408 e. The molecule has 3 atom stereocenters. The summed E-state index contributed by atoms with van der Waals surface area (Å²) in [6.45, 7) is 0. The number of likely N-dealkylation sites (tertiary alicyclic amines) is 1. The van der Waals surface area contributed by atoms with Gasteiger partial charge in [-0.1, -0.05) is 5.92 Å². The molecule has 1 heterocycles. The number of nitrogens with zero attached hydrogens (tertiary/aromatic N) is 1. The lowest BCUT2D eigenvalue weighted by molar-refractivity contribution is 0.117. The highest BCUT2D eigenvalue weighted by Crippen LogP contribution is 2.41. The van der Waals surface area contributed by atoms with Crippen molar-refractivity contribution in [3.8, 4) is 12.3 Å². The van der Waals surface area contributed by atoms with E-state index in [1.54, 1.807) is 0 Å². The normalized spacial score (nSPS) is 38.2. The molecule has 1 saturated heterocycles. The highest BCUT2D eigenvalue weighted by Gasteiger charge is 2.47. The van der Waals surface area contributed by atoms with Crippen LogP contribution in [0.2, 0.25) is 0 Å². The van der Waals surface area contributed by atoms with Crippen LogP contribution in [0.5, 0.6) is 0 Å². The second-order valence-corrected chi connectivity index (χ2v) is 3.53. The highest BCUT2D eigenvalue weighted by atomic mass is 16.4. The molecular weight excluding hydrogens is 154 g/mol. The Bertz CT molecular complexity index is 256. The van der Waals surface area contributed by atoms with E-state index in [4.69, 9.17) is 11.5 Å². The van der Waals surface area contributed by atoms with Gasteiger partial charge in [0.1, 0.15) is 0 Å². The van der Waals surface area contributed by atoms with Gasteiger partial charge in [0, 0.05) is 6.04 Å². The minimum atomic E-state index is -0.856. The summed E-state index contributed by atoms with van der Waals surface area (Å²) >= 11 is 0. The van der Waals surface area contributed by atoms with Gasteiger partial charge in [0.2, 0.25) is 0 Å². The molecule has 12 heavy (non-hydrogen) atoms. The molecule has 0 unspecified atom stereocenters. The minimum absolute atomic E-state index is 0.152. The molecule has 0 aromatic carbocycles. The Kier molecular flexibility index (Phi) is 1.50. The Hall–Kier alpha value is -1.17. The zero-order chi connectivity index (χ0) is 8.72. The average molecular weight is 165 g/mol. The van der Waals surface area contributed by atoms with Crippen molar-refractivity contribution in [2.75, 3.05) is 0 Å². The molecule has 64 valence electrons. The maximum Gasteiger partial charge on any atom is 0.408 e. The second kappa shape index (κ2) is 2.41. The van der Waals surface area contributed by atoms with Crippen molar-refractivity contribution in [3.63, 3.8) is 0 Å². The second-order valence-electron chi connectivity index (χ2n) is 3.53. The van der Waals surface area contributed by atoms with Gasteiger partial charge in [-0.05, 0) is 25.2 Å². The molecule has 2 bridgehead atoms. The Morgan fingerprint density at radius 3 is 2.83 bits per heavy atom. The lowest BCUT2D eigenvalue weighted by atomic mass is 10.00. The molecule has 3 heteroatoms. The molecule has 0 aromatic rings. The molecule has 2 fully saturated rings. The third kappa shape index (κ3) is 0.811. The van der Waals surface area contributed by atoms with E-state index in [9.17, 15) is 4.79 Å². The van der Waals surface area contributed by atoms with Crippen LogP contribution < -0.4 is 0 Å². The fourth-order valence-electron chi connectivity index (χ4n) is 2.48. The first-order valence-corrected chi connectivity index (χ1v) is 4.21. The maximum atomic E-state index is 10.8. The van der Waals surface area contributed by atoms with E-state index < -0.39 is 6.09 Å². The van der Waals surface area contributed by atoms with Gasteiger partial charge < -0.3 is 5.11 Å². The molecule has 1 N–H and O–H groups in total. The Morgan fingerprint density at radius 2 is 2.33 bits per heavy atom. The monoisotopic (exact) mass is 165 g/mol. The van der Waals surface area contributed by atoms with Gasteiger partial charge in [-0.15, -0.1) is 6.42 Å². The van der Waals surface area contributed by atoms with E-state index in [2.05, 4.69) is 5.92 Å². The number of rotatable bonds is 0. The minimum Gasteiger partial charge on any atom is -0.465 e. The number of piperidine rings is 1. The van der Waals surface area contributed by atoms with Gasteiger partial charge in [0.05, 0.1) is 6.04 Å². The summed E-state index contributed by atoms with van der Waals surface area (Å²) in [5.41, 5.74) is 0. The molecule has 1 aliphatic heterocycles. The Balaban J connectivity index is 2.23. The topological polar surface area (TPSA) is 40.5 Å². The number of fused-ring (bicyclic) bond motifs is 2. The van der Waals surface area contributed by atoms with Crippen LogP contribution in [0.25, 0.3) is 0 Å². The fourth-order valence-corrected chi connectivity index (χ4v) is 2.48. The zero-order valence-corrected chi connectivity index (χ0v) is 6.73. The van der Waals surface area contributed by atoms with Crippen LogP contribution in [0, 0.1) is 18.3 Å².